The quantitative estimate of drug-likeness (QED) is 0.297. The lowest BCUT2D eigenvalue weighted by atomic mass is 9.99. The highest BCUT2D eigenvalue weighted by atomic mass is 16.5. The van der Waals surface area contributed by atoms with Crippen molar-refractivity contribution in [2.24, 2.45) is 5.92 Å². The van der Waals surface area contributed by atoms with E-state index in [0.717, 1.165) is 64.9 Å². The number of aromatic nitrogens is 2. The molecule has 1 heterocycles. The van der Waals surface area contributed by atoms with Gasteiger partial charge in [-0.25, -0.2) is 0 Å². The van der Waals surface area contributed by atoms with Crippen LogP contribution in [0.5, 0.6) is 5.88 Å². The Morgan fingerprint density at radius 2 is 1.59 bits per heavy atom. The summed E-state index contributed by atoms with van der Waals surface area (Å²) in [5.41, 5.74) is 6.96. The lowest BCUT2D eigenvalue weighted by Crippen LogP contribution is -2.20. The second kappa shape index (κ2) is 10.4. The van der Waals surface area contributed by atoms with E-state index in [-0.39, 0.29) is 11.8 Å². The molecule has 0 unspecified atom stereocenters. The van der Waals surface area contributed by atoms with E-state index in [1.165, 1.54) is 6.92 Å². The van der Waals surface area contributed by atoms with Crippen molar-refractivity contribution in [2.45, 2.75) is 46.5 Å². The second-order valence-electron chi connectivity index (χ2n) is 9.79. The molecule has 6 heteroatoms. The molecule has 5 rings (SSSR count). The normalized spacial score (nSPS) is 13.5. The fraction of sp³-hybridized carbons (Fsp3) is 0.258. The molecular formula is C31H31N3O3. The van der Waals surface area contributed by atoms with Crippen molar-refractivity contribution in [3.05, 3.63) is 83.9 Å². The van der Waals surface area contributed by atoms with Gasteiger partial charge in [0.2, 0.25) is 11.8 Å². The predicted molar refractivity (Wildman–Crippen MR) is 146 cm³/mol. The number of hydrogen-bond acceptors (Lipinski definition) is 4. The van der Waals surface area contributed by atoms with Crippen molar-refractivity contribution < 1.29 is 14.3 Å². The molecule has 0 spiro atoms. The van der Waals surface area contributed by atoms with Gasteiger partial charge in [-0.15, -0.1) is 0 Å². The van der Waals surface area contributed by atoms with Crippen LogP contribution in [0.1, 0.15) is 43.7 Å². The van der Waals surface area contributed by atoms with Crippen LogP contribution in [0.15, 0.2) is 72.8 Å². The highest BCUT2D eigenvalue weighted by molar-refractivity contribution is 5.93. The topological polar surface area (TPSA) is 73.2 Å². The molecular weight excluding hydrogens is 462 g/mol. The van der Waals surface area contributed by atoms with Gasteiger partial charge in [0, 0.05) is 24.1 Å². The van der Waals surface area contributed by atoms with Crippen molar-refractivity contribution in [3.63, 3.8) is 0 Å². The van der Waals surface area contributed by atoms with E-state index in [1.807, 2.05) is 80.6 Å². The monoisotopic (exact) mass is 493 g/mol. The fourth-order valence-corrected chi connectivity index (χ4v) is 4.90. The molecule has 0 saturated heterocycles. The number of nitrogens with one attached hydrogen (secondary N) is 1. The van der Waals surface area contributed by atoms with Gasteiger partial charge in [0.05, 0.1) is 11.3 Å². The summed E-state index contributed by atoms with van der Waals surface area (Å²) >= 11 is 0. The number of benzene rings is 3. The minimum atomic E-state index is -0.425. The molecule has 1 fully saturated rings. The van der Waals surface area contributed by atoms with E-state index in [0.29, 0.717) is 11.6 Å². The molecule has 1 aliphatic rings. The van der Waals surface area contributed by atoms with E-state index in [1.54, 1.807) is 4.68 Å². The van der Waals surface area contributed by atoms with Gasteiger partial charge in [-0.1, -0.05) is 66.4 Å². The van der Waals surface area contributed by atoms with Crippen LogP contribution in [0.3, 0.4) is 0 Å². The maximum Gasteiger partial charge on any atom is 0.309 e. The first-order chi connectivity index (χ1) is 17.9. The number of carbonyl (C=O) groups excluding carboxylic acids is 2. The third-order valence-corrected chi connectivity index (χ3v) is 6.82. The Hall–Kier alpha value is -4.19. The minimum Gasteiger partial charge on any atom is -0.407 e. The number of rotatable bonds is 6. The van der Waals surface area contributed by atoms with Crippen molar-refractivity contribution in [1.29, 1.82) is 0 Å². The average molecular weight is 494 g/mol. The summed E-state index contributed by atoms with van der Waals surface area (Å²) in [4.78, 5) is 24.8. The summed E-state index contributed by atoms with van der Waals surface area (Å²) in [5.74, 6) is 0.107. The molecule has 4 aromatic rings. The zero-order valence-electron chi connectivity index (χ0n) is 21.5. The number of nitrogens with zero attached hydrogens (tertiary/aromatic N) is 2. The van der Waals surface area contributed by atoms with E-state index in [9.17, 15) is 9.59 Å². The number of carbonyl (C=O) groups is 2. The third-order valence-electron chi connectivity index (χ3n) is 6.82. The van der Waals surface area contributed by atoms with Crippen LogP contribution in [-0.2, 0) is 9.59 Å². The summed E-state index contributed by atoms with van der Waals surface area (Å²) in [7, 11) is 0. The molecule has 1 amide bonds. The first kappa shape index (κ1) is 24.5. The maximum absolute atomic E-state index is 12.6. The fourth-order valence-electron chi connectivity index (χ4n) is 4.90. The second-order valence-corrected chi connectivity index (χ2v) is 9.79. The molecule has 1 N–H and O–H groups in total. The van der Waals surface area contributed by atoms with Gasteiger partial charge >= 0.3 is 5.97 Å². The zero-order valence-corrected chi connectivity index (χ0v) is 21.5. The van der Waals surface area contributed by atoms with Crippen LogP contribution < -0.4 is 10.1 Å². The van der Waals surface area contributed by atoms with Crippen LogP contribution in [-0.4, -0.2) is 21.7 Å². The number of anilines is 1. The summed E-state index contributed by atoms with van der Waals surface area (Å²) < 4.78 is 7.49. The molecule has 0 atom stereocenters. The smallest absolute Gasteiger partial charge is 0.309 e. The van der Waals surface area contributed by atoms with E-state index in [4.69, 9.17) is 9.84 Å². The molecule has 0 radical (unpaired) electrons. The van der Waals surface area contributed by atoms with Crippen molar-refractivity contribution in [3.8, 4) is 34.0 Å². The standard InChI is InChI=1S/C31H31N3O3/c1-20-11-17-27(18-12-20)34-31(37-22(3)35)28(29(33-34)25-10-6-7-21(2)19-25)23-13-15-26(16-14-23)32-30(36)24-8-4-5-9-24/h6-7,10-19,24H,4-5,8-9H2,1-3H3,(H,32,36). The number of amides is 1. The van der Waals surface area contributed by atoms with Gasteiger partial charge in [0.15, 0.2) is 0 Å². The molecule has 0 aliphatic heterocycles. The molecule has 37 heavy (non-hydrogen) atoms. The summed E-state index contributed by atoms with van der Waals surface area (Å²) in [5, 5.41) is 8.00. The van der Waals surface area contributed by atoms with Crippen molar-refractivity contribution >= 4 is 17.6 Å². The van der Waals surface area contributed by atoms with Gasteiger partial charge in [0.1, 0.15) is 5.69 Å². The van der Waals surface area contributed by atoms with E-state index < -0.39 is 5.97 Å². The Labute approximate surface area is 217 Å². The van der Waals surface area contributed by atoms with Crippen molar-refractivity contribution in [2.75, 3.05) is 5.32 Å². The highest BCUT2D eigenvalue weighted by Gasteiger charge is 2.25. The average Bonchev–Trinajstić information content (AvgIpc) is 3.54. The number of ether oxygens (including phenoxy) is 1. The lowest BCUT2D eigenvalue weighted by Gasteiger charge is -2.12. The molecule has 1 saturated carbocycles. The SMILES string of the molecule is CC(=O)Oc1c(-c2ccc(NC(=O)C3CCCC3)cc2)c(-c2cccc(C)c2)nn1-c1ccc(C)cc1. The van der Waals surface area contributed by atoms with E-state index >= 15 is 0 Å². The van der Waals surface area contributed by atoms with Gasteiger partial charge in [-0.2, -0.15) is 9.78 Å². The van der Waals surface area contributed by atoms with Gasteiger partial charge in [-0.05, 0) is 62.6 Å². The summed E-state index contributed by atoms with van der Waals surface area (Å²) in [6.45, 7) is 5.45. The Bertz CT molecular complexity index is 1430. The highest BCUT2D eigenvalue weighted by Crippen LogP contribution is 2.41. The van der Waals surface area contributed by atoms with E-state index in [2.05, 4.69) is 11.4 Å². The number of aryl methyl sites for hydroxylation is 2. The Morgan fingerprint density at radius 3 is 2.24 bits per heavy atom. The number of esters is 1. The largest absolute Gasteiger partial charge is 0.407 e. The summed E-state index contributed by atoms with van der Waals surface area (Å²) in [6.07, 6.45) is 4.13. The number of hydrogen-bond donors (Lipinski definition) is 1. The Morgan fingerprint density at radius 1 is 0.892 bits per heavy atom. The lowest BCUT2D eigenvalue weighted by molar-refractivity contribution is -0.132. The van der Waals surface area contributed by atoms with Crippen LogP contribution in [0.25, 0.3) is 28.1 Å². The molecule has 1 aromatic heterocycles. The van der Waals surface area contributed by atoms with Gasteiger partial charge in [-0.3, -0.25) is 9.59 Å². The first-order valence-corrected chi connectivity index (χ1v) is 12.8. The third kappa shape index (κ3) is 5.33. The Kier molecular flexibility index (Phi) is 6.91. The minimum absolute atomic E-state index is 0.0819. The molecule has 1 aliphatic carbocycles. The molecule has 3 aromatic carbocycles. The van der Waals surface area contributed by atoms with Crippen LogP contribution >= 0.6 is 0 Å². The van der Waals surface area contributed by atoms with Crippen LogP contribution in [0, 0.1) is 19.8 Å². The summed E-state index contributed by atoms with van der Waals surface area (Å²) in [6, 6.07) is 23.7. The Balaban J connectivity index is 1.61. The van der Waals surface area contributed by atoms with Gasteiger partial charge < -0.3 is 10.1 Å². The molecule has 188 valence electrons. The zero-order chi connectivity index (χ0) is 25.9. The molecule has 6 nitrogen and oxygen atoms in total. The maximum atomic E-state index is 12.6. The van der Waals surface area contributed by atoms with Gasteiger partial charge in [0.25, 0.3) is 0 Å². The van der Waals surface area contributed by atoms with Crippen LogP contribution in [0.4, 0.5) is 5.69 Å². The van der Waals surface area contributed by atoms with Crippen LogP contribution in [0.2, 0.25) is 0 Å². The predicted octanol–water partition coefficient (Wildman–Crippen LogP) is 6.88. The molecule has 0 bridgehead atoms. The van der Waals surface area contributed by atoms with Crippen molar-refractivity contribution in [1.82, 2.24) is 9.78 Å². The first-order valence-electron chi connectivity index (χ1n) is 12.8.